The van der Waals surface area contributed by atoms with Crippen molar-refractivity contribution in [1.82, 2.24) is 10.2 Å². The monoisotopic (exact) mass is 228 g/mol. The third-order valence-electron chi connectivity index (χ3n) is 3.29. The summed E-state index contributed by atoms with van der Waals surface area (Å²) in [6, 6.07) is -0.190. The molecular formula is C11H20N2O3. The number of likely N-dealkylation sites (tertiary alicyclic amines) is 1. The molecule has 2 N–H and O–H groups in total. The van der Waals surface area contributed by atoms with Crippen LogP contribution >= 0.6 is 0 Å². The van der Waals surface area contributed by atoms with Gasteiger partial charge in [-0.15, -0.1) is 0 Å². The lowest BCUT2D eigenvalue weighted by atomic mass is 10.0. The minimum absolute atomic E-state index is 0.0469. The van der Waals surface area contributed by atoms with Crippen molar-refractivity contribution in [3.8, 4) is 0 Å². The zero-order chi connectivity index (χ0) is 12.3. The Morgan fingerprint density at radius 2 is 2.19 bits per heavy atom. The molecule has 0 saturated carbocycles. The van der Waals surface area contributed by atoms with E-state index in [0.717, 1.165) is 0 Å². The van der Waals surface area contributed by atoms with Crippen LogP contribution in [0, 0.1) is 11.8 Å². The second kappa shape index (κ2) is 5.30. The third-order valence-corrected chi connectivity index (χ3v) is 3.29. The topological polar surface area (TPSA) is 69.6 Å². The van der Waals surface area contributed by atoms with Crippen molar-refractivity contribution in [2.75, 3.05) is 20.1 Å². The van der Waals surface area contributed by atoms with E-state index in [-0.39, 0.29) is 17.9 Å². The fourth-order valence-corrected chi connectivity index (χ4v) is 2.26. The van der Waals surface area contributed by atoms with Crippen molar-refractivity contribution in [3.05, 3.63) is 0 Å². The van der Waals surface area contributed by atoms with Gasteiger partial charge in [0.1, 0.15) is 0 Å². The molecule has 0 aromatic rings. The summed E-state index contributed by atoms with van der Waals surface area (Å²) in [5.74, 6) is -1.26. The lowest BCUT2D eigenvalue weighted by molar-refractivity contribution is -0.143. The zero-order valence-corrected chi connectivity index (χ0v) is 10.1. The highest BCUT2D eigenvalue weighted by Crippen LogP contribution is 2.25. The number of aliphatic carboxylic acids is 1. The van der Waals surface area contributed by atoms with Crippen LogP contribution in [0.4, 0.5) is 0 Å². The van der Waals surface area contributed by atoms with Crippen molar-refractivity contribution >= 4 is 11.9 Å². The van der Waals surface area contributed by atoms with Gasteiger partial charge in [-0.1, -0.05) is 6.92 Å². The Labute approximate surface area is 95.8 Å². The molecule has 1 rings (SSSR count). The van der Waals surface area contributed by atoms with Crippen LogP contribution in [-0.2, 0) is 9.59 Å². The molecule has 1 amide bonds. The molecule has 1 saturated heterocycles. The lowest BCUT2D eigenvalue weighted by Crippen LogP contribution is -2.42. The molecule has 0 aliphatic carbocycles. The first-order valence-electron chi connectivity index (χ1n) is 5.67. The van der Waals surface area contributed by atoms with E-state index in [2.05, 4.69) is 5.32 Å². The van der Waals surface area contributed by atoms with Gasteiger partial charge in [-0.25, -0.2) is 0 Å². The summed E-state index contributed by atoms with van der Waals surface area (Å²) in [5, 5.41) is 11.9. The number of amides is 1. The van der Waals surface area contributed by atoms with Crippen LogP contribution < -0.4 is 5.32 Å². The largest absolute Gasteiger partial charge is 0.481 e. The van der Waals surface area contributed by atoms with Crippen molar-refractivity contribution in [2.45, 2.75) is 26.3 Å². The highest BCUT2D eigenvalue weighted by atomic mass is 16.4. The number of carboxylic acids is 1. The Hall–Kier alpha value is -1.10. The molecule has 0 aromatic carbocycles. The van der Waals surface area contributed by atoms with Gasteiger partial charge >= 0.3 is 5.97 Å². The molecule has 0 radical (unpaired) electrons. The Bertz CT molecular complexity index is 280. The smallest absolute Gasteiger partial charge is 0.308 e. The minimum atomic E-state index is -0.802. The van der Waals surface area contributed by atoms with E-state index in [9.17, 15) is 9.59 Å². The number of carboxylic acid groups (broad SMARTS) is 1. The molecule has 5 nitrogen and oxygen atoms in total. The molecule has 5 heteroatoms. The second-order valence-electron chi connectivity index (χ2n) is 4.46. The highest BCUT2D eigenvalue weighted by Gasteiger charge is 2.38. The number of carbonyl (C=O) groups is 2. The standard InChI is InChI=1S/C11H20N2O3/c1-7(6-12-3)10(14)13-5-4-9(8(13)2)11(15)16/h7-9,12H,4-6H2,1-3H3,(H,15,16). The summed E-state index contributed by atoms with van der Waals surface area (Å²) in [4.78, 5) is 24.6. The van der Waals surface area contributed by atoms with Crippen molar-refractivity contribution in [2.24, 2.45) is 11.8 Å². The van der Waals surface area contributed by atoms with Gasteiger partial charge in [0, 0.05) is 25.0 Å². The van der Waals surface area contributed by atoms with Crippen molar-refractivity contribution in [1.29, 1.82) is 0 Å². The van der Waals surface area contributed by atoms with E-state index in [0.29, 0.717) is 19.5 Å². The van der Waals surface area contributed by atoms with Gasteiger partial charge in [0.05, 0.1) is 5.92 Å². The van der Waals surface area contributed by atoms with Crippen LogP contribution in [0.2, 0.25) is 0 Å². The highest BCUT2D eigenvalue weighted by molar-refractivity contribution is 5.81. The Kier molecular flexibility index (Phi) is 4.29. The number of hydrogen-bond donors (Lipinski definition) is 2. The van der Waals surface area contributed by atoms with E-state index >= 15 is 0 Å². The first-order chi connectivity index (χ1) is 7.49. The molecule has 92 valence electrons. The summed E-state index contributed by atoms with van der Waals surface area (Å²) >= 11 is 0. The Balaban J connectivity index is 2.62. The zero-order valence-electron chi connectivity index (χ0n) is 10.1. The number of rotatable bonds is 4. The summed E-state index contributed by atoms with van der Waals surface area (Å²) in [5.41, 5.74) is 0. The first-order valence-corrected chi connectivity index (χ1v) is 5.67. The molecule has 1 heterocycles. The maximum Gasteiger partial charge on any atom is 0.308 e. The minimum Gasteiger partial charge on any atom is -0.481 e. The van der Waals surface area contributed by atoms with E-state index in [4.69, 9.17) is 5.11 Å². The average Bonchev–Trinajstić information content (AvgIpc) is 2.59. The van der Waals surface area contributed by atoms with Crippen LogP contribution in [0.15, 0.2) is 0 Å². The quantitative estimate of drug-likeness (QED) is 0.719. The normalized spacial score (nSPS) is 26.8. The summed E-state index contributed by atoms with van der Waals surface area (Å²) < 4.78 is 0. The van der Waals surface area contributed by atoms with Crippen LogP contribution in [0.3, 0.4) is 0 Å². The fourth-order valence-electron chi connectivity index (χ4n) is 2.26. The fraction of sp³-hybridized carbons (Fsp3) is 0.818. The lowest BCUT2D eigenvalue weighted by Gasteiger charge is -2.26. The summed E-state index contributed by atoms with van der Waals surface area (Å²) in [7, 11) is 1.80. The first kappa shape index (κ1) is 13.0. The second-order valence-corrected chi connectivity index (χ2v) is 4.46. The van der Waals surface area contributed by atoms with Crippen LogP contribution in [0.5, 0.6) is 0 Å². The summed E-state index contributed by atoms with van der Waals surface area (Å²) in [6.07, 6.45) is 0.564. The molecular weight excluding hydrogens is 208 g/mol. The number of nitrogens with one attached hydrogen (secondary N) is 1. The number of nitrogens with zero attached hydrogens (tertiary/aromatic N) is 1. The molecule has 1 aliphatic rings. The van der Waals surface area contributed by atoms with E-state index in [1.165, 1.54) is 0 Å². The van der Waals surface area contributed by atoms with Crippen molar-refractivity contribution in [3.63, 3.8) is 0 Å². The van der Waals surface area contributed by atoms with E-state index in [1.807, 2.05) is 13.8 Å². The molecule has 0 spiro atoms. The van der Waals surface area contributed by atoms with Crippen LogP contribution in [0.1, 0.15) is 20.3 Å². The number of carbonyl (C=O) groups excluding carboxylic acids is 1. The Morgan fingerprint density at radius 3 is 2.62 bits per heavy atom. The molecule has 3 unspecified atom stereocenters. The predicted octanol–water partition coefficient (Wildman–Crippen LogP) is 0.164. The molecule has 0 aromatic heterocycles. The third kappa shape index (κ3) is 2.52. The molecule has 0 bridgehead atoms. The van der Waals surface area contributed by atoms with Crippen LogP contribution in [0.25, 0.3) is 0 Å². The van der Waals surface area contributed by atoms with Gasteiger partial charge in [-0.05, 0) is 20.4 Å². The summed E-state index contributed by atoms with van der Waals surface area (Å²) in [6.45, 7) is 4.86. The maximum absolute atomic E-state index is 12.0. The maximum atomic E-state index is 12.0. The van der Waals surface area contributed by atoms with E-state index in [1.54, 1.807) is 11.9 Å². The van der Waals surface area contributed by atoms with Gasteiger partial charge < -0.3 is 15.3 Å². The van der Waals surface area contributed by atoms with Crippen molar-refractivity contribution < 1.29 is 14.7 Å². The molecule has 1 aliphatic heterocycles. The molecule has 1 fully saturated rings. The van der Waals surface area contributed by atoms with Gasteiger partial charge in [0.2, 0.25) is 5.91 Å². The Morgan fingerprint density at radius 1 is 1.56 bits per heavy atom. The molecule has 16 heavy (non-hydrogen) atoms. The predicted molar refractivity (Wildman–Crippen MR) is 60.0 cm³/mol. The number of hydrogen-bond acceptors (Lipinski definition) is 3. The SMILES string of the molecule is CNCC(C)C(=O)N1CCC(C(=O)O)C1C. The van der Waals surface area contributed by atoms with Gasteiger partial charge in [-0.2, -0.15) is 0 Å². The van der Waals surface area contributed by atoms with Crippen LogP contribution in [-0.4, -0.2) is 48.1 Å². The van der Waals surface area contributed by atoms with Gasteiger partial charge in [0.25, 0.3) is 0 Å². The van der Waals surface area contributed by atoms with E-state index < -0.39 is 11.9 Å². The molecule has 3 atom stereocenters. The average molecular weight is 228 g/mol. The van der Waals surface area contributed by atoms with Gasteiger partial charge in [0.15, 0.2) is 0 Å². The van der Waals surface area contributed by atoms with Gasteiger partial charge in [-0.3, -0.25) is 9.59 Å².